The van der Waals surface area contributed by atoms with Gasteiger partial charge in [-0.25, -0.2) is 0 Å². The van der Waals surface area contributed by atoms with Crippen LogP contribution < -0.4 is 5.32 Å². The van der Waals surface area contributed by atoms with E-state index in [1.807, 2.05) is 6.07 Å². The number of ether oxygens (including phenoxy) is 2. The Morgan fingerprint density at radius 2 is 1.64 bits per heavy atom. The van der Waals surface area contributed by atoms with E-state index in [1.54, 1.807) is 7.11 Å². The lowest BCUT2D eigenvalue weighted by Crippen LogP contribution is -2.19. The van der Waals surface area contributed by atoms with Crippen LogP contribution in [0.1, 0.15) is 28.3 Å². The molecular formula is C19H25NO2. The van der Waals surface area contributed by atoms with Crippen molar-refractivity contribution < 1.29 is 9.47 Å². The van der Waals surface area contributed by atoms with Crippen LogP contribution in [0.25, 0.3) is 0 Å². The molecule has 0 aromatic heterocycles. The van der Waals surface area contributed by atoms with Crippen LogP contribution >= 0.6 is 0 Å². The first-order chi connectivity index (χ1) is 10.6. The van der Waals surface area contributed by atoms with Crippen molar-refractivity contribution >= 4 is 5.69 Å². The van der Waals surface area contributed by atoms with Crippen molar-refractivity contribution in [1.82, 2.24) is 0 Å². The number of benzene rings is 2. The number of hydrogen-bond acceptors (Lipinski definition) is 3. The van der Waals surface area contributed by atoms with Gasteiger partial charge in [0.15, 0.2) is 0 Å². The molecule has 0 aliphatic carbocycles. The van der Waals surface area contributed by atoms with E-state index >= 15 is 0 Å². The molecule has 0 heterocycles. The number of rotatable bonds is 7. The molecule has 1 unspecified atom stereocenters. The number of hydrogen-bond donors (Lipinski definition) is 1. The number of methoxy groups -OCH3 is 1. The maximum absolute atomic E-state index is 5.59. The Balaban J connectivity index is 2.23. The molecule has 1 N–H and O–H groups in total. The average Bonchev–Trinajstić information content (AvgIpc) is 2.50. The second-order valence-corrected chi connectivity index (χ2v) is 5.66. The summed E-state index contributed by atoms with van der Waals surface area (Å²) in [6, 6.07) is 14.9. The molecule has 3 nitrogen and oxygen atoms in total. The van der Waals surface area contributed by atoms with Crippen molar-refractivity contribution in [3.05, 3.63) is 64.7 Å². The third-order valence-corrected chi connectivity index (χ3v) is 3.68. The Hall–Kier alpha value is -1.84. The predicted molar refractivity (Wildman–Crippen MR) is 91.3 cm³/mol. The van der Waals surface area contributed by atoms with Crippen LogP contribution in [0.4, 0.5) is 5.69 Å². The highest BCUT2D eigenvalue weighted by Gasteiger charge is 2.14. The highest BCUT2D eigenvalue weighted by atomic mass is 16.7. The van der Waals surface area contributed by atoms with Crippen molar-refractivity contribution in [3.8, 4) is 0 Å². The van der Waals surface area contributed by atoms with Crippen LogP contribution in [0.3, 0.4) is 0 Å². The summed E-state index contributed by atoms with van der Waals surface area (Å²) >= 11 is 0. The Morgan fingerprint density at radius 1 is 1.00 bits per heavy atom. The second kappa shape index (κ2) is 7.97. The third-order valence-electron chi connectivity index (χ3n) is 3.68. The Kier molecular flexibility index (Phi) is 5.99. The lowest BCUT2D eigenvalue weighted by atomic mass is 10.0. The topological polar surface area (TPSA) is 30.5 Å². The summed E-state index contributed by atoms with van der Waals surface area (Å²) in [5, 5.41) is 3.64. The predicted octanol–water partition coefficient (Wildman–Crippen LogP) is 4.39. The van der Waals surface area contributed by atoms with Gasteiger partial charge >= 0.3 is 0 Å². The van der Waals surface area contributed by atoms with E-state index in [-0.39, 0.29) is 6.04 Å². The van der Waals surface area contributed by atoms with Gasteiger partial charge in [-0.3, -0.25) is 0 Å². The molecule has 0 spiro atoms. The van der Waals surface area contributed by atoms with Crippen molar-refractivity contribution in [2.75, 3.05) is 25.8 Å². The van der Waals surface area contributed by atoms with Gasteiger partial charge in [0.1, 0.15) is 6.79 Å². The van der Waals surface area contributed by atoms with E-state index in [9.17, 15) is 0 Å². The van der Waals surface area contributed by atoms with Crippen LogP contribution in [0.15, 0.2) is 42.5 Å². The van der Waals surface area contributed by atoms with E-state index in [1.165, 1.54) is 27.9 Å². The molecule has 0 radical (unpaired) electrons. The summed E-state index contributed by atoms with van der Waals surface area (Å²) in [5.41, 5.74) is 6.18. The van der Waals surface area contributed by atoms with Crippen LogP contribution in [0, 0.1) is 20.8 Å². The molecule has 3 heteroatoms. The molecule has 0 aliphatic rings. The Labute approximate surface area is 133 Å². The molecule has 0 fully saturated rings. The maximum Gasteiger partial charge on any atom is 0.146 e. The van der Waals surface area contributed by atoms with Crippen molar-refractivity contribution in [2.45, 2.75) is 26.8 Å². The van der Waals surface area contributed by atoms with Crippen molar-refractivity contribution in [1.29, 1.82) is 0 Å². The lowest BCUT2D eigenvalue weighted by Gasteiger charge is -2.23. The zero-order valence-corrected chi connectivity index (χ0v) is 13.8. The average molecular weight is 299 g/mol. The van der Waals surface area contributed by atoms with Gasteiger partial charge in [0, 0.05) is 12.8 Å². The molecule has 2 rings (SSSR count). The normalized spacial score (nSPS) is 12.2. The highest BCUT2D eigenvalue weighted by molar-refractivity contribution is 5.59. The van der Waals surface area contributed by atoms with Crippen molar-refractivity contribution in [2.24, 2.45) is 0 Å². The third kappa shape index (κ3) is 4.33. The fraction of sp³-hybridized carbons (Fsp3) is 0.368. The molecule has 2 aromatic rings. The SMILES string of the molecule is COCOCC(Nc1c(C)cc(C)cc1C)c1ccccc1. The first kappa shape index (κ1) is 16.5. The van der Waals surface area contributed by atoms with Crippen molar-refractivity contribution in [3.63, 3.8) is 0 Å². The van der Waals surface area contributed by atoms with E-state index < -0.39 is 0 Å². The Bertz CT molecular complexity index is 573. The van der Waals surface area contributed by atoms with Crippen LogP contribution in [-0.4, -0.2) is 20.5 Å². The largest absolute Gasteiger partial charge is 0.375 e. The molecular weight excluding hydrogens is 274 g/mol. The van der Waals surface area contributed by atoms with Gasteiger partial charge in [0.25, 0.3) is 0 Å². The first-order valence-corrected chi connectivity index (χ1v) is 7.58. The standard InChI is InChI=1S/C19H25NO2/c1-14-10-15(2)19(16(3)11-14)20-18(12-22-13-21-4)17-8-6-5-7-9-17/h5-11,18,20H,12-13H2,1-4H3. The summed E-state index contributed by atoms with van der Waals surface area (Å²) in [5.74, 6) is 0. The number of aryl methyl sites for hydroxylation is 3. The molecule has 0 aliphatic heterocycles. The molecule has 22 heavy (non-hydrogen) atoms. The molecule has 0 bridgehead atoms. The quantitative estimate of drug-likeness (QED) is 0.608. The summed E-state index contributed by atoms with van der Waals surface area (Å²) in [7, 11) is 1.64. The number of anilines is 1. The van der Waals surface area contributed by atoms with Gasteiger partial charge < -0.3 is 14.8 Å². The van der Waals surface area contributed by atoms with Crippen LogP contribution in [0.2, 0.25) is 0 Å². The zero-order chi connectivity index (χ0) is 15.9. The Morgan fingerprint density at radius 3 is 2.23 bits per heavy atom. The fourth-order valence-electron chi connectivity index (χ4n) is 2.74. The van der Waals surface area contributed by atoms with Gasteiger partial charge in [-0.15, -0.1) is 0 Å². The lowest BCUT2D eigenvalue weighted by molar-refractivity contribution is -0.0337. The molecule has 0 saturated heterocycles. The summed E-state index contributed by atoms with van der Waals surface area (Å²) in [6.07, 6.45) is 0. The van der Waals surface area contributed by atoms with E-state index in [0.717, 1.165) is 0 Å². The van der Waals surface area contributed by atoms with Crippen LogP contribution in [-0.2, 0) is 9.47 Å². The van der Waals surface area contributed by atoms with E-state index in [4.69, 9.17) is 9.47 Å². The molecule has 118 valence electrons. The van der Waals surface area contributed by atoms with E-state index in [0.29, 0.717) is 13.4 Å². The van der Waals surface area contributed by atoms with Crippen LogP contribution in [0.5, 0.6) is 0 Å². The smallest absolute Gasteiger partial charge is 0.146 e. The summed E-state index contributed by atoms with van der Waals surface area (Å²) in [6.45, 7) is 7.27. The fourth-order valence-corrected chi connectivity index (χ4v) is 2.74. The molecule has 0 amide bonds. The molecule has 1 atom stereocenters. The molecule has 0 saturated carbocycles. The zero-order valence-electron chi connectivity index (χ0n) is 13.8. The minimum atomic E-state index is 0.0939. The van der Waals surface area contributed by atoms with Gasteiger partial charge in [-0.1, -0.05) is 48.0 Å². The minimum Gasteiger partial charge on any atom is -0.375 e. The highest BCUT2D eigenvalue weighted by Crippen LogP contribution is 2.27. The van der Waals surface area contributed by atoms with Gasteiger partial charge in [-0.2, -0.15) is 0 Å². The van der Waals surface area contributed by atoms with Gasteiger partial charge in [0.2, 0.25) is 0 Å². The minimum absolute atomic E-state index is 0.0939. The second-order valence-electron chi connectivity index (χ2n) is 5.66. The molecule has 2 aromatic carbocycles. The van der Waals surface area contributed by atoms with E-state index in [2.05, 4.69) is 62.5 Å². The maximum atomic E-state index is 5.59. The monoisotopic (exact) mass is 299 g/mol. The van der Waals surface area contributed by atoms with Gasteiger partial charge in [0.05, 0.1) is 12.6 Å². The number of nitrogens with one attached hydrogen (secondary N) is 1. The first-order valence-electron chi connectivity index (χ1n) is 7.58. The summed E-state index contributed by atoms with van der Waals surface area (Å²) in [4.78, 5) is 0. The summed E-state index contributed by atoms with van der Waals surface area (Å²) < 4.78 is 10.6. The van der Waals surface area contributed by atoms with Gasteiger partial charge in [-0.05, 0) is 37.5 Å².